The molecule has 0 radical (unpaired) electrons. The molecule has 156 valence electrons. The van der Waals surface area contributed by atoms with E-state index in [1.54, 1.807) is 0 Å². The van der Waals surface area contributed by atoms with Crippen molar-refractivity contribution in [3.05, 3.63) is 81.3 Å². The van der Waals surface area contributed by atoms with Crippen LogP contribution in [-0.2, 0) is 23.2 Å². The van der Waals surface area contributed by atoms with E-state index in [0.717, 1.165) is 12.2 Å². The van der Waals surface area contributed by atoms with Crippen molar-refractivity contribution in [1.29, 1.82) is 0 Å². The van der Waals surface area contributed by atoms with Crippen molar-refractivity contribution < 1.29 is 21.1 Å². The minimum Gasteiger partial charge on any atom is -0.147 e. The van der Waals surface area contributed by atoms with Crippen LogP contribution in [0.3, 0.4) is 0 Å². The Hall–Kier alpha value is -1.12. The number of hydrogen-bond donors (Lipinski definition) is 0. The van der Waals surface area contributed by atoms with Gasteiger partial charge in [-0.1, -0.05) is 0 Å². The van der Waals surface area contributed by atoms with Crippen molar-refractivity contribution >= 4 is 34.2 Å². The molecular formula is C25H32Cl2OTi. The van der Waals surface area contributed by atoms with Crippen LogP contribution in [0, 0.1) is 6.92 Å². The zero-order valence-electron chi connectivity index (χ0n) is 18.2. The summed E-state index contributed by atoms with van der Waals surface area (Å²) in [5, 5.41) is 0. The van der Waals surface area contributed by atoms with Crippen molar-refractivity contribution in [3.63, 3.8) is 0 Å². The van der Waals surface area contributed by atoms with E-state index >= 15 is 0 Å². The molecule has 0 bridgehead atoms. The first-order chi connectivity index (χ1) is 12.8. The molecular weight excluding hydrogens is 435 g/mol. The summed E-state index contributed by atoms with van der Waals surface area (Å²) in [5.74, 6) is 1.03. The first-order valence-corrected chi connectivity index (χ1v) is 11.9. The molecule has 0 saturated heterocycles. The van der Waals surface area contributed by atoms with Crippen LogP contribution in [0.5, 0.6) is 5.75 Å². The van der Waals surface area contributed by atoms with Gasteiger partial charge in [-0.3, -0.25) is 0 Å². The molecule has 1 aliphatic rings. The molecule has 2 aromatic carbocycles. The Morgan fingerprint density at radius 2 is 1.62 bits per heavy atom. The molecule has 0 fully saturated rings. The summed E-state index contributed by atoms with van der Waals surface area (Å²) < 4.78 is 9.72. The Morgan fingerprint density at radius 1 is 0.966 bits per heavy atom. The van der Waals surface area contributed by atoms with Crippen molar-refractivity contribution in [2.45, 2.75) is 53.4 Å². The van der Waals surface area contributed by atoms with Gasteiger partial charge < -0.3 is 0 Å². The monoisotopic (exact) mass is 466 g/mol. The molecule has 0 spiro atoms. The third-order valence-corrected chi connectivity index (χ3v) is 8.58. The fourth-order valence-corrected chi connectivity index (χ4v) is 6.65. The van der Waals surface area contributed by atoms with Crippen molar-refractivity contribution in [2.24, 2.45) is 0 Å². The van der Waals surface area contributed by atoms with Gasteiger partial charge in [-0.25, -0.2) is 0 Å². The minimum atomic E-state index is -2.01. The average Bonchev–Trinajstić information content (AvgIpc) is 3.08. The zero-order valence-corrected chi connectivity index (χ0v) is 21.4. The van der Waals surface area contributed by atoms with Gasteiger partial charge in [0.2, 0.25) is 0 Å². The first-order valence-electron chi connectivity index (χ1n) is 9.68. The number of rotatable bonds is 4. The summed E-state index contributed by atoms with van der Waals surface area (Å²) in [7, 11) is 0. The molecule has 0 saturated carbocycles. The second-order valence-corrected chi connectivity index (χ2v) is 12.4. The van der Waals surface area contributed by atoms with Crippen LogP contribution >= 0.6 is 24.8 Å². The van der Waals surface area contributed by atoms with Gasteiger partial charge in [0.15, 0.2) is 0 Å². The Labute approximate surface area is 194 Å². The molecule has 0 aromatic heterocycles. The van der Waals surface area contributed by atoms with Crippen LogP contribution in [0.15, 0.2) is 64.6 Å². The van der Waals surface area contributed by atoms with E-state index in [4.69, 9.17) is 3.32 Å². The smallest absolute Gasteiger partial charge is 0.147 e. The topological polar surface area (TPSA) is 9.23 Å². The van der Waals surface area contributed by atoms with Crippen LogP contribution in [0.1, 0.15) is 57.7 Å². The summed E-state index contributed by atoms with van der Waals surface area (Å²) in [4.78, 5) is 0. The quantitative estimate of drug-likeness (QED) is 0.420. The molecule has 0 atom stereocenters. The van der Waals surface area contributed by atoms with Crippen LogP contribution in [0.4, 0.5) is 0 Å². The molecule has 0 heterocycles. The zero-order chi connectivity index (χ0) is 19.6. The summed E-state index contributed by atoms with van der Waals surface area (Å²) in [6.45, 7) is 13.4. The molecule has 0 aliphatic heterocycles. The van der Waals surface area contributed by atoms with E-state index < -0.39 is 17.8 Å². The molecule has 1 nitrogen and oxygen atoms in total. The fourth-order valence-electron chi connectivity index (χ4n) is 3.43. The molecule has 0 amide bonds. The van der Waals surface area contributed by atoms with Crippen LogP contribution < -0.4 is 3.32 Å². The third-order valence-electron chi connectivity index (χ3n) is 4.88. The predicted molar refractivity (Wildman–Crippen MR) is 128 cm³/mol. The molecule has 0 unspecified atom stereocenters. The fraction of sp³-hybridized carbons (Fsp3) is 0.320. The van der Waals surface area contributed by atoms with Gasteiger partial charge in [0, 0.05) is 0 Å². The Balaban J connectivity index is 0.00000210. The van der Waals surface area contributed by atoms with Gasteiger partial charge in [0.25, 0.3) is 0 Å². The predicted octanol–water partition coefficient (Wildman–Crippen LogP) is 7.63. The van der Waals surface area contributed by atoms with Crippen molar-refractivity contribution in [1.82, 2.24) is 0 Å². The summed E-state index contributed by atoms with van der Waals surface area (Å²) in [5.41, 5.74) is 5.40. The molecule has 29 heavy (non-hydrogen) atoms. The number of aryl methyl sites for hydroxylation is 1. The molecule has 3 rings (SSSR count). The average molecular weight is 467 g/mol. The molecule has 1 aliphatic carbocycles. The van der Waals surface area contributed by atoms with E-state index in [-0.39, 0.29) is 30.2 Å². The summed E-state index contributed by atoms with van der Waals surface area (Å²) in [6, 6.07) is 17.4. The van der Waals surface area contributed by atoms with Crippen molar-refractivity contribution in [2.75, 3.05) is 0 Å². The maximum Gasteiger partial charge on any atom is -0.147 e. The summed E-state index contributed by atoms with van der Waals surface area (Å²) in [6.07, 6.45) is 5.58. The Kier molecular flexibility index (Phi) is 9.63. The van der Waals surface area contributed by atoms with E-state index in [1.165, 1.54) is 30.0 Å². The normalized spacial score (nSPS) is 12.9. The van der Waals surface area contributed by atoms with Gasteiger partial charge in [-0.15, -0.1) is 24.8 Å². The van der Waals surface area contributed by atoms with Crippen LogP contribution in [-0.4, -0.2) is 3.81 Å². The number of benzene rings is 2. The maximum absolute atomic E-state index is 6.76. The number of hydrogen-bond acceptors (Lipinski definition) is 1. The van der Waals surface area contributed by atoms with Gasteiger partial charge in [-0.2, -0.15) is 0 Å². The van der Waals surface area contributed by atoms with E-state index in [0.29, 0.717) is 0 Å². The Bertz CT molecular complexity index is 931. The minimum absolute atomic E-state index is 0. The summed E-state index contributed by atoms with van der Waals surface area (Å²) >= 11 is -2.01. The van der Waals surface area contributed by atoms with Gasteiger partial charge in [-0.05, 0) is 0 Å². The Morgan fingerprint density at radius 3 is 2.21 bits per heavy atom. The van der Waals surface area contributed by atoms with E-state index in [2.05, 4.69) is 102 Å². The SMILES string of the molecule is C[C](C)=[Ti]([O]c1cc(C)cc(C(C)(C)C)c1)[C]1=C(c2ccccc2)C=CC1.Cl.Cl. The first kappa shape index (κ1) is 25.9. The van der Waals surface area contributed by atoms with E-state index in [9.17, 15) is 0 Å². The second-order valence-electron chi connectivity index (χ2n) is 8.58. The third kappa shape index (κ3) is 6.43. The van der Waals surface area contributed by atoms with Crippen LogP contribution in [0.25, 0.3) is 5.57 Å². The molecule has 2 aromatic rings. The largest absolute Gasteiger partial charge is 0.147 e. The number of allylic oxidation sites excluding steroid dienone is 4. The van der Waals surface area contributed by atoms with Crippen molar-refractivity contribution in [3.8, 4) is 5.75 Å². The maximum atomic E-state index is 6.76. The van der Waals surface area contributed by atoms with E-state index in [1.807, 2.05) is 0 Å². The number of halogens is 2. The van der Waals surface area contributed by atoms with Gasteiger partial charge in [0.05, 0.1) is 0 Å². The molecule has 0 N–H and O–H groups in total. The van der Waals surface area contributed by atoms with Crippen LogP contribution in [0.2, 0.25) is 0 Å². The second kappa shape index (κ2) is 10.8. The van der Waals surface area contributed by atoms with Gasteiger partial charge >= 0.3 is 171 Å². The van der Waals surface area contributed by atoms with Gasteiger partial charge in [0.1, 0.15) is 0 Å². The molecule has 4 heteroatoms. The standard InChI is InChI=1S/C11H16O.C11H9.C3H6.2ClH.Ti/c1-8-5-9(11(2,3)4)7-10(12)6-8;1-2-6-10(7-3-1)11-8-4-5-9-11;1-3-2;;;/h5-7,12H,1-4H3;1-4,6-8H,5H2;1-2H3;2*1H;/q;;;;;+1/p-1.